The minimum atomic E-state index is -0.0177. The van der Waals surface area contributed by atoms with Crippen molar-refractivity contribution in [2.24, 2.45) is 5.73 Å². The number of urea groups is 1. The summed E-state index contributed by atoms with van der Waals surface area (Å²) in [5, 5.41) is 3.69. The molecule has 0 bridgehead atoms. The highest BCUT2D eigenvalue weighted by molar-refractivity contribution is 6.30. The van der Waals surface area contributed by atoms with E-state index in [1.165, 1.54) is 0 Å². The number of amides is 2. The summed E-state index contributed by atoms with van der Waals surface area (Å²) in [6, 6.07) is 7.77. The smallest absolute Gasteiger partial charge is 0.318 e. The molecule has 1 aromatic rings. The van der Waals surface area contributed by atoms with Gasteiger partial charge in [-0.05, 0) is 37.6 Å². The third-order valence-corrected chi connectivity index (χ3v) is 3.58. The van der Waals surface area contributed by atoms with E-state index < -0.39 is 0 Å². The maximum absolute atomic E-state index is 11.9. The quantitative estimate of drug-likeness (QED) is 0.878. The molecule has 0 saturated carbocycles. The molecule has 1 aromatic carbocycles. The van der Waals surface area contributed by atoms with Gasteiger partial charge in [0.05, 0.1) is 6.04 Å². The third kappa shape index (κ3) is 2.76. The van der Waals surface area contributed by atoms with Gasteiger partial charge >= 0.3 is 6.03 Å². The third-order valence-electron chi connectivity index (χ3n) is 3.33. The molecule has 0 radical (unpaired) electrons. The average molecular weight is 268 g/mol. The Kier molecular flexibility index (Phi) is 4.09. The number of hydrogen-bond acceptors (Lipinski definition) is 2. The summed E-state index contributed by atoms with van der Waals surface area (Å²) in [5.74, 6) is 0. The molecule has 2 atom stereocenters. The van der Waals surface area contributed by atoms with Gasteiger partial charge in [-0.15, -0.1) is 0 Å². The molecule has 0 spiro atoms. The molecule has 2 unspecified atom stereocenters. The summed E-state index contributed by atoms with van der Waals surface area (Å²) < 4.78 is 0. The second-order valence-corrected chi connectivity index (χ2v) is 5.07. The van der Waals surface area contributed by atoms with Gasteiger partial charge < -0.3 is 16.0 Å². The SMILES string of the molecule is CC(CCN)N1CC(c2ccc(Cl)cc2)NC1=O. The molecule has 1 aliphatic rings. The van der Waals surface area contributed by atoms with Gasteiger partial charge in [-0.25, -0.2) is 4.79 Å². The predicted octanol–water partition coefficient (Wildman–Crippen LogP) is 2.14. The van der Waals surface area contributed by atoms with Gasteiger partial charge in [0.15, 0.2) is 0 Å². The van der Waals surface area contributed by atoms with Crippen LogP contribution in [0.3, 0.4) is 0 Å². The van der Waals surface area contributed by atoms with Crippen molar-refractivity contribution in [3.8, 4) is 0 Å². The maximum atomic E-state index is 11.9. The van der Waals surface area contributed by atoms with Crippen LogP contribution in [0.5, 0.6) is 0 Å². The number of carbonyl (C=O) groups is 1. The molecule has 4 nitrogen and oxygen atoms in total. The number of benzene rings is 1. The number of nitrogens with two attached hydrogens (primary N) is 1. The first kappa shape index (κ1) is 13.2. The Hall–Kier alpha value is -1.26. The van der Waals surface area contributed by atoms with Crippen molar-refractivity contribution in [1.29, 1.82) is 0 Å². The van der Waals surface area contributed by atoms with Crippen molar-refractivity contribution in [2.45, 2.75) is 25.4 Å². The van der Waals surface area contributed by atoms with Crippen LogP contribution in [0.1, 0.15) is 24.9 Å². The molecule has 5 heteroatoms. The van der Waals surface area contributed by atoms with Crippen molar-refractivity contribution in [3.63, 3.8) is 0 Å². The van der Waals surface area contributed by atoms with Gasteiger partial charge in [0.1, 0.15) is 0 Å². The van der Waals surface area contributed by atoms with E-state index >= 15 is 0 Å². The summed E-state index contributed by atoms with van der Waals surface area (Å²) in [5.41, 5.74) is 6.61. The van der Waals surface area contributed by atoms with Gasteiger partial charge in [-0.3, -0.25) is 0 Å². The molecular weight excluding hydrogens is 250 g/mol. The number of nitrogens with one attached hydrogen (secondary N) is 1. The number of nitrogens with zero attached hydrogens (tertiary/aromatic N) is 1. The summed E-state index contributed by atoms with van der Waals surface area (Å²) in [7, 11) is 0. The Morgan fingerprint density at radius 2 is 2.17 bits per heavy atom. The fourth-order valence-electron chi connectivity index (χ4n) is 2.22. The predicted molar refractivity (Wildman–Crippen MR) is 72.6 cm³/mol. The minimum Gasteiger partial charge on any atom is -0.330 e. The lowest BCUT2D eigenvalue weighted by Gasteiger charge is -2.22. The van der Waals surface area contributed by atoms with E-state index in [1.807, 2.05) is 36.1 Å². The zero-order valence-electron chi connectivity index (χ0n) is 10.4. The molecule has 1 aliphatic heterocycles. The molecular formula is C13H18ClN3O. The van der Waals surface area contributed by atoms with Gasteiger partial charge in [0.2, 0.25) is 0 Å². The Morgan fingerprint density at radius 1 is 1.50 bits per heavy atom. The van der Waals surface area contributed by atoms with Crippen LogP contribution >= 0.6 is 11.6 Å². The largest absolute Gasteiger partial charge is 0.330 e. The molecule has 1 fully saturated rings. The summed E-state index contributed by atoms with van der Waals surface area (Å²) >= 11 is 5.86. The molecule has 0 aliphatic carbocycles. The van der Waals surface area contributed by atoms with Crippen LogP contribution in [0, 0.1) is 0 Å². The molecule has 98 valence electrons. The Morgan fingerprint density at radius 3 is 2.78 bits per heavy atom. The fourth-order valence-corrected chi connectivity index (χ4v) is 2.34. The van der Waals surface area contributed by atoms with Crippen LogP contribution in [0.25, 0.3) is 0 Å². The number of hydrogen-bond donors (Lipinski definition) is 2. The van der Waals surface area contributed by atoms with E-state index in [1.54, 1.807) is 0 Å². The van der Waals surface area contributed by atoms with Crippen LogP contribution in [0.4, 0.5) is 4.79 Å². The van der Waals surface area contributed by atoms with E-state index in [0.717, 1.165) is 12.0 Å². The zero-order chi connectivity index (χ0) is 13.1. The Bertz CT molecular complexity index is 421. The van der Waals surface area contributed by atoms with Crippen LogP contribution in [0.15, 0.2) is 24.3 Å². The highest BCUT2D eigenvalue weighted by Gasteiger charge is 2.32. The monoisotopic (exact) mass is 267 g/mol. The highest BCUT2D eigenvalue weighted by Crippen LogP contribution is 2.23. The molecule has 2 rings (SSSR count). The summed E-state index contributed by atoms with van der Waals surface area (Å²) in [6.07, 6.45) is 0.820. The lowest BCUT2D eigenvalue weighted by molar-refractivity contribution is 0.199. The van der Waals surface area contributed by atoms with E-state index in [4.69, 9.17) is 17.3 Å². The number of halogens is 1. The number of rotatable bonds is 4. The van der Waals surface area contributed by atoms with Gasteiger partial charge in [-0.1, -0.05) is 23.7 Å². The first-order valence-corrected chi connectivity index (χ1v) is 6.52. The van der Waals surface area contributed by atoms with Crippen molar-refractivity contribution >= 4 is 17.6 Å². The molecule has 2 amide bonds. The van der Waals surface area contributed by atoms with Crippen molar-refractivity contribution in [2.75, 3.05) is 13.1 Å². The molecule has 1 saturated heterocycles. The topological polar surface area (TPSA) is 58.4 Å². The lowest BCUT2D eigenvalue weighted by Crippen LogP contribution is -2.37. The van der Waals surface area contributed by atoms with Crippen LogP contribution < -0.4 is 11.1 Å². The molecule has 1 heterocycles. The second kappa shape index (κ2) is 5.59. The van der Waals surface area contributed by atoms with Crippen molar-refractivity contribution in [1.82, 2.24) is 10.2 Å². The van der Waals surface area contributed by atoms with Crippen molar-refractivity contribution < 1.29 is 4.79 Å². The first-order valence-electron chi connectivity index (χ1n) is 6.14. The van der Waals surface area contributed by atoms with Gasteiger partial charge in [-0.2, -0.15) is 0 Å². The first-order chi connectivity index (χ1) is 8.61. The van der Waals surface area contributed by atoms with E-state index in [-0.39, 0.29) is 18.1 Å². The highest BCUT2D eigenvalue weighted by atomic mass is 35.5. The molecule has 0 aromatic heterocycles. The number of carbonyl (C=O) groups excluding carboxylic acids is 1. The fraction of sp³-hybridized carbons (Fsp3) is 0.462. The standard InChI is InChI=1S/C13H18ClN3O/c1-9(6-7-15)17-8-12(16-13(17)18)10-2-4-11(14)5-3-10/h2-5,9,12H,6-8,15H2,1H3,(H,16,18). The minimum absolute atomic E-state index is 0.0177. The lowest BCUT2D eigenvalue weighted by atomic mass is 10.1. The van der Waals surface area contributed by atoms with Crippen LogP contribution in [-0.4, -0.2) is 30.1 Å². The Balaban J connectivity index is 2.06. The van der Waals surface area contributed by atoms with E-state index in [9.17, 15) is 4.79 Å². The van der Waals surface area contributed by atoms with E-state index in [0.29, 0.717) is 18.1 Å². The molecule has 3 N–H and O–H groups in total. The second-order valence-electron chi connectivity index (χ2n) is 4.63. The average Bonchev–Trinajstić information content (AvgIpc) is 2.72. The molecule has 18 heavy (non-hydrogen) atoms. The van der Waals surface area contributed by atoms with Crippen molar-refractivity contribution in [3.05, 3.63) is 34.9 Å². The Labute approximate surface area is 112 Å². The van der Waals surface area contributed by atoms with Gasteiger partial charge in [0.25, 0.3) is 0 Å². The van der Waals surface area contributed by atoms with E-state index in [2.05, 4.69) is 5.32 Å². The summed E-state index contributed by atoms with van der Waals surface area (Å²) in [6.45, 7) is 3.30. The van der Waals surface area contributed by atoms with Gasteiger partial charge in [0, 0.05) is 17.6 Å². The maximum Gasteiger partial charge on any atom is 0.318 e. The van der Waals surface area contributed by atoms with Crippen LogP contribution in [-0.2, 0) is 0 Å². The normalized spacial score (nSPS) is 20.9. The zero-order valence-corrected chi connectivity index (χ0v) is 11.2. The van der Waals surface area contributed by atoms with Crippen LogP contribution in [0.2, 0.25) is 5.02 Å². The summed E-state index contributed by atoms with van der Waals surface area (Å²) in [4.78, 5) is 13.7.